The summed E-state index contributed by atoms with van der Waals surface area (Å²) in [5, 5.41) is 0. The lowest BCUT2D eigenvalue weighted by molar-refractivity contribution is 0.343. The Labute approximate surface area is 117 Å². The zero-order chi connectivity index (χ0) is 13.5. The maximum atomic E-state index is 2.39. The zero-order valence-electron chi connectivity index (χ0n) is 12.0. The zero-order valence-corrected chi connectivity index (χ0v) is 12.0. The smallest absolute Gasteiger partial charge is 0.0248 e. The molecule has 0 radical (unpaired) electrons. The Morgan fingerprint density at radius 1 is 0.737 bits per heavy atom. The van der Waals surface area contributed by atoms with Gasteiger partial charge in [-0.05, 0) is 35.8 Å². The Kier molecular flexibility index (Phi) is 5.20. The molecule has 0 aromatic heterocycles. The quantitative estimate of drug-likeness (QED) is 0.668. The van der Waals surface area contributed by atoms with Crippen LogP contribution < -0.4 is 0 Å². The summed E-state index contributed by atoms with van der Waals surface area (Å²) in [6, 6.07) is 21.7. The van der Waals surface area contributed by atoms with Crippen molar-refractivity contribution in [2.45, 2.75) is 33.1 Å². The second-order valence-electron chi connectivity index (χ2n) is 5.53. The van der Waals surface area contributed by atoms with Crippen LogP contribution in [-0.2, 0) is 12.8 Å². The van der Waals surface area contributed by atoms with Crippen molar-refractivity contribution in [1.29, 1.82) is 0 Å². The molecule has 0 aliphatic heterocycles. The minimum Gasteiger partial charge on any atom is -0.0651 e. The predicted octanol–water partition coefficient (Wildman–Crippen LogP) is 5.13. The van der Waals surface area contributed by atoms with E-state index in [1.807, 2.05) is 0 Å². The predicted molar refractivity (Wildman–Crippen MR) is 83.2 cm³/mol. The molecule has 2 rings (SSSR count). The van der Waals surface area contributed by atoms with Crippen LogP contribution in [0.15, 0.2) is 60.7 Å². The van der Waals surface area contributed by atoms with Gasteiger partial charge in [0.1, 0.15) is 0 Å². The fraction of sp³-hybridized carbons (Fsp3) is 0.368. The van der Waals surface area contributed by atoms with Gasteiger partial charge in [0, 0.05) is 0 Å². The third-order valence-corrected chi connectivity index (χ3v) is 4.07. The Bertz CT molecular complexity index is 458. The van der Waals surface area contributed by atoms with Gasteiger partial charge in [-0.1, -0.05) is 80.9 Å². The summed E-state index contributed by atoms with van der Waals surface area (Å²) in [4.78, 5) is 0. The van der Waals surface area contributed by atoms with E-state index in [9.17, 15) is 0 Å². The summed E-state index contributed by atoms with van der Waals surface area (Å²) in [5.74, 6) is 1.50. The molecule has 0 saturated carbocycles. The average molecular weight is 252 g/mol. The number of hydrogen-bond acceptors (Lipinski definition) is 0. The van der Waals surface area contributed by atoms with Gasteiger partial charge in [-0.25, -0.2) is 0 Å². The van der Waals surface area contributed by atoms with Crippen molar-refractivity contribution in [1.82, 2.24) is 0 Å². The Morgan fingerprint density at radius 3 is 1.68 bits per heavy atom. The van der Waals surface area contributed by atoms with Crippen LogP contribution in [0.2, 0.25) is 0 Å². The van der Waals surface area contributed by atoms with E-state index in [2.05, 4.69) is 74.5 Å². The van der Waals surface area contributed by atoms with E-state index in [-0.39, 0.29) is 0 Å². The highest BCUT2D eigenvalue weighted by molar-refractivity contribution is 5.17. The highest BCUT2D eigenvalue weighted by Gasteiger charge is 2.16. The van der Waals surface area contributed by atoms with Crippen molar-refractivity contribution in [2.24, 2.45) is 11.8 Å². The van der Waals surface area contributed by atoms with E-state index in [4.69, 9.17) is 0 Å². The topological polar surface area (TPSA) is 0 Å². The molecule has 0 nitrogen and oxygen atoms in total. The molecule has 2 aromatic carbocycles. The Morgan fingerprint density at radius 2 is 1.21 bits per heavy atom. The lowest BCUT2D eigenvalue weighted by atomic mass is 9.82. The molecule has 2 aromatic rings. The molecule has 0 aliphatic carbocycles. The van der Waals surface area contributed by atoms with Crippen LogP contribution in [0.1, 0.15) is 31.4 Å². The van der Waals surface area contributed by atoms with Gasteiger partial charge in [0.2, 0.25) is 0 Å². The first kappa shape index (κ1) is 13.9. The van der Waals surface area contributed by atoms with E-state index >= 15 is 0 Å². The fourth-order valence-corrected chi connectivity index (χ4v) is 2.82. The molecule has 2 atom stereocenters. The van der Waals surface area contributed by atoms with Crippen molar-refractivity contribution < 1.29 is 0 Å². The fourth-order valence-electron chi connectivity index (χ4n) is 2.82. The molecular formula is C19H24. The lowest BCUT2D eigenvalue weighted by Gasteiger charge is -2.23. The van der Waals surface area contributed by atoms with Gasteiger partial charge in [-0.3, -0.25) is 0 Å². The Balaban J connectivity index is 1.97. The molecule has 100 valence electrons. The minimum absolute atomic E-state index is 0.729. The van der Waals surface area contributed by atoms with E-state index in [0.717, 1.165) is 11.8 Å². The third kappa shape index (κ3) is 4.24. The largest absolute Gasteiger partial charge is 0.0651 e. The molecular weight excluding hydrogens is 228 g/mol. The molecule has 0 saturated heterocycles. The second kappa shape index (κ2) is 7.13. The molecule has 0 spiro atoms. The monoisotopic (exact) mass is 252 g/mol. The van der Waals surface area contributed by atoms with Crippen molar-refractivity contribution in [3.63, 3.8) is 0 Å². The van der Waals surface area contributed by atoms with Crippen LogP contribution in [-0.4, -0.2) is 0 Å². The van der Waals surface area contributed by atoms with Crippen LogP contribution in [0.25, 0.3) is 0 Å². The normalized spacial score (nSPS) is 14.0. The summed E-state index contributed by atoms with van der Waals surface area (Å²) in [6.07, 6.45) is 3.64. The molecule has 0 heteroatoms. The van der Waals surface area contributed by atoms with Crippen molar-refractivity contribution >= 4 is 0 Å². The molecule has 0 heterocycles. The summed E-state index contributed by atoms with van der Waals surface area (Å²) >= 11 is 0. The average Bonchev–Trinajstić information content (AvgIpc) is 2.47. The first-order valence-electron chi connectivity index (χ1n) is 7.37. The maximum absolute atomic E-state index is 2.39. The molecule has 0 fully saturated rings. The third-order valence-electron chi connectivity index (χ3n) is 4.07. The van der Waals surface area contributed by atoms with Crippen LogP contribution in [0.5, 0.6) is 0 Å². The number of hydrogen-bond donors (Lipinski definition) is 0. The molecule has 0 N–H and O–H groups in total. The van der Waals surface area contributed by atoms with Gasteiger partial charge in [-0.2, -0.15) is 0 Å². The highest BCUT2D eigenvalue weighted by atomic mass is 14.2. The maximum Gasteiger partial charge on any atom is -0.0248 e. The van der Waals surface area contributed by atoms with Crippen LogP contribution in [0.3, 0.4) is 0 Å². The standard InChI is InChI=1S/C19H24/c1-3-19(15-18-12-8-5-9-13-18)16(2)14-17-10-6-4-7-11-17/h4-13,16,19H,3,14-15H2,1-2H3. The summed E-state index contributed by atoms with van der Waals surface area (Å²) in [5.41, 5.74) is 2.93. The van der Waals surface area contributed by atoms with E-state index in [1.165, 1.54) is 30.4 Å². The number of benzene rings is 2. The SMILES string of the molecule is CCC(Cc1ccccc1)C(C)Cc1ccccc1. The van der Waals surface area contributed by atoms with E-state index < -0.39 is 0 Å². The van der Waals surface area contributed by atoms with Crippen LogP contribution >= 0.6 is 0 Å². The van der Waals surface area contributed by atoms with Gasteiger partial charge in [0.05, 0.1) is 0 Å². The van der Waals surface area contributed by atoms with Crippen LogP contribution in [0.4, 0.5) is 0 Å². The second-order valence-corrected chi connectivity index (χ2v) is 5.53. The van der Waals surface area contributed by atoms with E-state index in [1.54, 1.807) is 0 Å². The van der Waals surface area contributed by atoms with Crippen molar-refractivity contribution in [3.8, 4) is 0 Å². The summed E-state index contributed by atoms with van der Waals surface area (Å²) < 4.78 is 0. The van der Waals surface area contributed by atoms with Gasteiger partial charge in [-0.15, -0.1) is 0 Å². The van der Waals surface area contributed by atoms with Gasteiger partial charge < -0.3 is 0 Å². The number of rotatable bonds is 6. The molecule has 19 heavy (non-hydrogen) atoms. The summed E-state index contributed by atoms with van der Waals surface area (Å²) in [6.45, 7) is 4.71. The Hall–Kier alpha value is -1.56. The summed E-state index contributed by atoms with van der Waals surface area (Å²) in [7, 11) is 0. The van der Waals surface area contributed by atoms with Gasteiger partial charge >= 0.3 is 0 Å². The van der Waals surface area contributed by atoms with Gasteiger partial charge in [0.25, 0.3) is 0 Å². The highest BCUT2D eigenvalue weighted by Crippen LogP contribution is 2.24. The van der Waals surface area contributed by atoms with Gasteiger partial charge in [0.15, 0.2) is 0 Å². The molecule has 0 amide bonds. The lowest BCUT2D eigenvalue weighted by Crippen LogP contribution is -2.16. The van der Waals surface area contributed by atoms with Crippen LogP contribution in [0, 0.1) is 11.8 Å². The first-order valence-corrected chi connectivity index (χ1v) is 7.37. The minimum atomic E-state index is 0.729. The molecule has 0 bridgehead atoms. The van der Waals surface area contributed by atoms with Crippen molar-refractivity contribution in [3.05, 3.63) is 71.8 Å². The molecule has 0 aliphatic rings. The van der Waals surface area contributed by atoms with Crippen molar-refractivity contribution in [2.75, 3.05) is 0 Å². The van der Waals surface area contributed by atoms with E-state index in [0.29, 0.717) is 0 Å². The molecule has 2 unspecified atom stereocenters. The first-order chi connectivity index (χ1) is 9.29.